The molecule has 0 spiro atoms. The minimum Gasteiger partial charge on any atom is -0.406 e. The van der Waals surface area contributed by atoms with Gasteiger partial charge >= 0.3 is 6.36 Å². The normalized spacial score (nSPS) is 15.3. The Morgan fingerprint density at radius 2 is 1.93 bits per heavy atom. The second-order valence-corrected chi connectivity index (χ2v) is 7.32. The van der Waals surface area contributed by atoms with Crippen LogP contribution in [0.5, 0.6) is 5.75 Å². The van der Waals surface area contributed by atoms with Gasteiger partial charge in [-0.3, -0.25) is 4.79 Å². The van der Waals surface area contributed by atoms with E-state index in [0.717, 1.165) is 24.7 Å². The maximum Gasteiger partial charge on any atom is 0.573 e. The molecule has 1 aliphatic rings. The lowest BCUT2D eigenvalue weighted by Crippen LogP contribution is -2.17. The highest BCUT2D eigenvalue weighted by atomic mass is 19.4. The zero-order valence-corrected chi connectivity index (χ0v) is 15.2. The summed E-state index contributed by atoms with van der Waals surface area (Å²) in [5.74, 6) is -1.11. The van der Waals surface area contributed by atoms with Gasteiger partial charge in [-0.15, -0.1) is 13.2 Å². The maximum absolute atomic E-state index is 12.6. The van der Waals surface area contributed by atoms with E-state index in [1.807, 2.05) is 12.1 Å². The number of fused-ring (bicyclic) bond motifs is 1. The second kappa shape index (κ2) is 6.65. The van der Waals surface area contributed by atoms with Gasteiger partial charge in [0.2, 0.25) is 0 Å². The number of ether oxygens (including phenoxy) is 1. The highest BCUT2D eigenvalue weighted by Crippen LogP contribution is 2.46. The summed E-state index contributed by atoms with van der Waals surface area (Å²) in [6.45, 7) is 0. The van der Waals surface area contributed by atoms with Crippen molar-refractivity contribution in [2.45, 2.75) is 25.6 Å². The zero-order chi connectivity index (χ0) is 20.8. The van der Waals surface area contributed by atoms with Crippen LogP contribution in [0, 0.1) is 5.41 Å². The molecular weight excluding hydrogens is 385 g/mol. The van der Waals surface area contributed by atoms with E-state index in [4.69, 9.17) is 5.73 Å². The van der Waals surface area contributed by atoms with Crippen LogP contribution in [0.3, 0.4) is 0 Å². The van der Waals surface area contributed by atoms with Crippen LogP contribution in [0.25, 0.3) is 16.6 Å². The van der Waals surface area contributed by atoms with Crippen LogP contribution in [0.2, 0.25) is 0 Å². The van der Waals surface area contributed by atoms with Crippen LogP contribution >= 0.6 is 0 Å². The highest BCUT2D eigenvalue weighted by molar-refractivity contribution is 5.99. The molecule has 4 rings (SSSR count). The van der Waals surface area contributed by atoms with Crippen molar-refractivity contribution in [2.75, 3.05) is 0 Å². The quantitative estimate of drug-likeness (QED) is 0.630. The Balaban J connectivity index is 1.83. The standard InChI is InChI=1S/C21H17F3N2O3/c22-21(23,24)29-16-5-4-14-9-18(19(25)28)26(17(14)10-16)15-3-1-2-13(8-15)11-20(12-27)6-7-20/h1-5,8-10,12H,6-7,11H2,(H2,25,28). The molecule has 150 valence electrons. The van der Waals surface area contributed by atoms with E-state index in [2.05, 4.69) is 4.74 Å². The first-order valence-corrected chi connectivity index (χ1v) is 8.96. The molecule has 8 heteroatoms. The summed E-state index contributed by atoms with van der Waals surface area (Å²) >= 11 is 0. The van der Waals surface area contributed by atoms with Crippen LogP contribution in [0.1, 0.15) is 28.9 Å². The zero-order valence-electron chi connectivity index (χ0n) is 15.2. The molecule has 2 aromatic carbocycles. The van der Waals surface area contributed by atoms with Crippen LogP contribution in [-0.2, 0) is 11.2 Å². The van der Waals surface area contributed by atoms with E-state index in [1.165, 1.54) is 28.8 Å². The maximum atomic E-state index is 12.6. The number of benzene rings is 2. The number of hydrogen-bond acceptors (Lipinski definition) is 3. The molecular formula is C21H17F3N2O3. The van der Waals surface area contributed by atoms with E-state index in [-0.39, 0.29) is 11.1 Å². The van der Waals surface area contributed by atoms with E-state index in [1.54, 1.807) is 12.1 Å². The summed E-state index contributed by atoms with van der Waals surface area (Å²) in [6.07, 6.45) is -1.63. The van der Waals surface area contributed by atoms with Crippen molar-refractivity contribution >= 4 is 23.1 Å². The second-order valence-electron chi connectivity index (χ2n) is 7.32. The van der Waals surface area contributed by atoms with E-state index in [0.29, 0.717) is 23.0 Å². The van der Waals surface area contributed by atoms with Gasteiger partial charge in [0.25, 0.3) is 5.91 Å². The van der Waals surface area contributed by atoms with Crippen LogP contribution in [0.15, 0.2) is 48.5 Å². The summed E-state index contributed by atoms with van der Waals surface area (Å²) in [5.41, 5.74) is 7.13. The average molecular weight is 402 g/mol. The van der Waals surface area contributed by atoms with Gasteiger partial charge < -0.3 is 19.8 Å². The van der Waals surface area contributed by atoms with Gasteiger partial charge in [-0.1, -0.05) is 12.1 Å². The Morgan fingerprint density at radius 1 is 1.17 bits per heavy atom. The third kappa shape index (κ3) is 3.83. The fourth-order valence-electron chi connectivity index (χ4n) is 3.55. The van der Waals surface area contributed by atoms with Crippen molar-refractivity contribution in [2.24, 2.45) is 11.1 Å². The van der Waals surface area contributed by atoms with Crippen molar-refractivity contribution in [3.05, 3.63) is 59.8 Å². The molecule has 1 fully saturated rings. The molecule has 0 unspecified atom stereocenters. The number of primary amides is 1. The van der Waals surface area contributed by atoms with Crippen molar-refractivity contribution in [1.82, 2.24) is 4.57 Å². The summed E-state index contributed by atoms with van der Waals surface area (Å²) < 4.78 is 43.4. The summed E-state index contributed by atoms with van der Waals surface area (Å²) in [7, 11) is 0. The minimum absolute atomic E-state index is 0.137. The first-order chi connectivity index (χ1) is 13.7. The van der Waals surface area contributed by atoms with Gasteiger partial charge in [0, 0.05) is 22.6 Å². The third-order valence-corrected chi connectivity index (χ3v) is 5.13. The Hall–Kier alpha value is -3.29. The smallest absolute Gasteiger partial charge is 0.406 e. The topological polar surface area (TPSA) is 74.3 Å². The number of nitrogens with zero attached hydrogens (tertiary/aromatic N) is 1. The monoisotopic (exact) mass is 402 g/mol. The predicted octanol–water partition coefficient (Wildman–Crippen LogP) is 4.15. The molecule has 2 N–H and O–H groups in total. The number of amides is 1. The SMILES string of the molecule is NC(=O)c1cc2ccc(OC(F)(F)F)cc2n1-c1cccc(CC2(C=O)CC2)c1. The molecule has 0 bridgehead atoms. The van der Waals surface area contributed by atoms with E-state index < -0.39 is 18.0 Å². The summed E-state index contributed by atoms with van der Waals surface area (Å²) in [5, 5.41) is 0.547. The third-order valence-electron chi connectivity index (χ3n) is 5.13. The minimum atomic E-state index is -4.83. The molecule has 3 aromatic rings. The van der Waals surface area contributed by atoms with E-state index in [9.17, 15) is 22.8 Å². The first kappa shape index (κ1) is 19.0. The predicted molar refractivity (Wildman–Crippen MR) is 99.9 cm³/mol. The van der Waals surface area contributed by atoms with Gasteiger partial charge in [-0.2, -0.15) is 0 Å². The molecule has 0 atom stereocenters. The number of halogens is 3. The average Bonchev–Trinajstić information content (AvgIpc) is 3.31. The number of carbonyl (C=O) groups is 2. The molecule has 0 radical (unpaired) electrons. The van der Waals surface area contributed by atoms with Crippen molar-refractivity contribution in [3.8, 4) is 11.4 Å². The highest BCUT2D eigenvalue weighted by Gasteiger charge is 2.42. The van der Waals surface area contributed by atoms with Gasteiger partial charge in [0.1, 0.15) is 17.7 Å². The fraction of sp³-hybridized carbons (Fsp3) is 0.238. The number of aromatic nitrogens is 1. The molecule has 0 aliphatic heterocycles. The van der Waals surface area contributed by atoms with Crippen molar-refractivity contribution < 1.29 is 27.5 Å². The lowest BCUT2D eigenvalue weighted by Gasteiger charge is -2.13. The van der Waals surface area contributed by atoms with Gasteiger partial charge in [-0.25, -0.2) is 0 Å². The number of rotatable bonds is 6. The Morgan fingerprint density at radius 3 is 2.55 bits per heavy atom. The van der Waals surface area contributed by atoms with Crippen molar-refractivity contribution in [1.29, 1.82) is 0 Å². The van der Waals surface area contributed by atoms with Gasteiger partial charge in [0.05, 0.1) is 5.52 Å². The molecule has 1 saturated carbocycles. The lowest BCUT2D eigenvalue weighted by atomic mass is 9.98. The summed E-state index contributed by atoms with van der Waals surface area (Å²) in [6, 6.07) is 12.6. The number of alkyl halides is 3. The molecule has 1 aromatic heterocycles. The van der Waals surface area contributed by atoms with Gasteiger partial charge in [0.15, 0.2) is 0 Å². The largest absolute Gasteiger partial charge is 0.573 e. The Bertz CT molecular complexity index is 1110. The molecule has 5 nitrogen and oxygen atoms in total. The molecule has 1 aliphatic carbocycles. The number of aldehydes is 1. The van der Waals surface area contributed by atoms with Crippen LogP contribution in [0.4, 0.5) is 13.2 Å². The first-order valence-electron chi connectivity index (χ1n) is 8.96. The summed E-state index contributed by atoms with van der Waals surface area (Å²) in [4.78, 5) is 23.3. The lowest BCUT2D eigenvalue weighted by molar-refractivity contribution is -0.274. The van der Waals surface area contributed by atoms with E-state index >= 15 is 0 Å². The number of hydrogen-bond donors (Lipinski definition) is 1. The van der Waals surface area contributed by atoms with Crippen molar-refractivity contribution in [3.63, 3.8) is 0 Å². The van der Waals surface area contributed by atoms with Gasteiger partial charge in [-0.05, 0) is 55.2 Å². The van der Waals surface area contributed by atoms with Crippen LogP contribution in [-0.4, -0.2) is 23.1 Å². The Kier molecular flexibility index (Phi) is 4.37. The molecule has 29 heavy (non-hydrogen) atoms. The molecule has 1 heterocycles. The molecule has 1 amide bonds. The molecule has 0 saturated heterocycles. The fourth-order valence-corrected chi connectivity index (χ4v) is 3.55. The number of carbonyl (C=O) groups excluding carboxylic acids is 2. The number of nitrogens with two attached hydrogens (primary N) is 1. The van der Waals surface area contributed by atoms with Crippen LogP contribution < -0.4 is 10.5 Å². The Labute approximate surface area is 163 Å².